The first-order valence-electron chi connectivity index (χ1n) is 6.92. The third-order valence-corrected chi connectivity index (χ3v) is 3.50. The van der Waals surface area contributed by atoms with E-state index in [1.54, 1.807) is 0 Å². The molecular weight excluding hydrogens is 287 g/mol. The first-order valence-corrected chi connectivity index (χ1v) is 6.92. The number of halogens is 3. The lowest BCUT2D eigenvalue weighted by Gasteiger charge is -2.19. The van der Waals surface area contributed by atoms with Gasteiger partial charge in [0, 0.05) is 5.69 Å². The van der Waals surface area contributed by atoms with E-state index in [4.69, 9.17) is 0 Å². The van der Waals surface area contributed by atoms with E-state index in [2.05, 4.69) is 5.32 Å². The van der Waals surface area contributed by atoms with Gasteiger partial charge in [0.2, 0.25) is 0 Å². The first kappa shape index (κ1) is 14.4. The van der Waals surface area contributed by atoms with Crippen LogP contribution in [0.5, 0.6) is 0 Å². The van der Waals surface area contributed by atoms with E-state index in [0.29, 0.717) is 0 Å². The van der Waals surface area contributed by atoms with Gasteiger partial charge in [-0.05, 0) is 29.3 Å². The molecule has 1 aliphatic rings. The van der Waals surface area contributed by atoms with Gasteiger partial charge in [0.25, 0.3) is 0 Å². The van der Waals surface area contributed by atoms with E-state index >= 15 is 0 Å². The van der Waals surface area contributed by atoms with Gasteiger partial charge in [-0.15, -0.1) is 0 Å². The van der Waals surface area contributed by atoms with Gasteiger partial charge in [0.1, 0.15) is 0 Å². The first-order chi connectivity index (χ1) is 10.5. The highest BCUT2D eigenvalue weighted by molar-refractivity contribution is 5.72. The van der Waals surface area contributed by atoms with Gasteiger partial charge in [-0.3, -0.25) is 0 Å². The fourth-order valence-electron chi connectivity index (χ4n) is 2.32. The van der Waals surface area contributed by atoms with Gasteiger partial charge < -0.3 is 5.32 Å². The van der Waals surface area contributed by atoms with Crippen molar-refractivity contribution >= 4 is 17.8 Å². The van der Waals surface area contributed by atoms with Crippen molar-refractivity contribution in [2.24, 2.45) is 0 Å². The summed E-state index contributed by atoms with van der Waals surface area (Å²) in [6.07, 6.45) is 3.50. The molecule has 0 spiro atoms. The number of anilines is 1. The van der Waals surface area contributed by atoms with Crippen LogP contribution in [0.25, 0.3) is 12.2 Å². The maximum atomic E-state index is 12.5. The van der Waals surface area contributed by atoms with Crippen molar-refractivity contribution in [2.45, 2.75) is 12.2 Å². The molecule has 1 N–H and O–H groups in total. The van der Waals surface area contributed by atoms with Gasteiger partial charge in [-0.25, -0.2) is 0 Å². The molecule has 112 valence electrons. The predicted molar refractivity (Wildman–Crippen MR) is 83.4 cm³/mol. The van der Waals surface area contributed by atoms with E-state index in [1.165, 1.54) is 12.1 Å². The summed E-state index contributed by atoms with van der Waals surface area (Å²) >= 11 is 0. The smallest absolute Gasteiger partial charge is 0.375 e. The topological polar surface area (TPSA) is 12.0 Å². The number of hydrogen-bond acceptors (Lipinski definition) is 1. The Balaban J connectivity index is 1.71. The van der Waals surface area contributed by atoms with Crippen LogP contribution in [0.4, 0.5) is 18.9 Å². The molecule has 0 unspecified atom stereocenters. The molecule has 1 atom stereocenters. The van der Waals surface area contributed by atoms with Crippen molar-refractivity contribution in [2.75, 3.05) is 5.32 Å². The zero-order valence-corrected chi connectivity index (χ0v) is 11.6. The molecule has 0 bridgehead atoms. The minimum Gasteiger partial charge on any atom is -0.375 e. The van der Waals surface area contributed by atoms with Gasteiger partial charge in [0.05, 0.1) is 11.6 Å². The quantitative estimate of drug-likeness (QED) is 0.801. The van der Waals surface area contributed by atoms with E-state index in [1.807, 2.05) is 48.6 Å². The molecule has 4 heteroatoms. The molecule has 1 aliphatic heterocycles. The van der Waals surface area contributed by atoms with Crippen LogP contribution in [0.1, 0.15) is 16.7 Å². The molecule has 22 heavy (non-hydrogen) atoms. The van der Waals surface area contributed by atoms with E-state index in [-0.39, 0.29) is 6.04 Å². The van der Waals surface area contributed by atoms with Crippen molar-refractivity contribution in [1.29, 1.82) is 0 Å². The molecule has 0 aliphatic carbocycles. The molecule has 0 amide bonds. The molecule has 1 nitrogen and oxygen atoms in total. The summed E-state index contributed by atoms with van der Waals surface area (Å²) in [4.78, 5) is 0. The third-order valence-electron chi connectivity index (χ3n) is 3.50. The van der Waals surface area contributed by atoms with Gasteiger partial charge in [-0.1, -0.05) is 54.6 Å². The Morgan fingerprint density at radius 1 is 0.955 bits per heavy atom. The Bertz CT molecular complexity index is 712. The Kier molecular flexibility index (Phi) is 3.75. The molecule has 0 radical (unpaired) electrons. The Morgan fingerprint density at radius 3 is 2.41 bits per heavy atom. The van der Waals surface area contributed by atoms with E-state index in [0.717, 1.165) is 28.9 Å². The monoisotopic (exact) mass is 301 g/mol. The van der Waals surface area contributed by atoms with E-state index in [9.17, 15) is 13.2 Å². The van der Waals surface area contributed by atoms with E-state index < -0.39 is 11.7 Å². The molecule has 1 heterocycles. The molecule has 0 saturated heterocycles. The van der Waals surface area contributed by atoms with Crippen molar-refractivity contribution in [3.05, 3.63) is 77.4 Å². The number of fused-ring (bicyclic) bond motifs is 1. The van der Waals surface area contributed by atoms with Crippen LogP contribution in [-0.2, 0) is 6.18 Å². The molecular formula is C18H14F3N. The second-order valence-corrected chi connectivity index (χ2v) is 5.10. The molecule has 0 fully saturated rings. The van der Waals surface area contributed by atoms with Crippen LogP contribution in [0, 0.1) is 0 Å². The summed E-state index contributed by atoms with van der Waals surface area (Å²) in [5.74, 6) is 0. The number of para-hydroxylation sites is 1. The van der Waals surface area contributed by atoms with Gasteiger partial charge in [-0.2, -0.15) is 13.2 Å². The molecule has 2 aromatic rings. The van der Waals surface area contributed by atoms with Crippen molar-refractivity contribution in [3.63, 3.8) is 0 Å². The molecule has 0 saturated carbocycles. The predicted octanol–water partition coefficient (Wildman–Crippen LogP) is 5.23. The lowest BCUT2D eigenvalue weighted by molar-refractivity contribution is -0.137. The van der Waals surface area contributed by atoms with Crippen LogP contribution >= 0.6 is 0 Å². The highest BCUT2D eigenvalue weighted by atomic mass is 19.4. The fourth-order valence-corrected chi connectivity index (χ4v) is 2.32. The average Bonchev–Trinajstić information content (AvgIpc) is 2.52. The SMILES string of the molecule is FC(F)(F)c1ccc(/C=C/[C@@H]2C=Cc3ccccc3N2)cc1. The highest BCUT2D eigenvalue weighted by Gasteiger charge is 2.29. The number of nitrogens with one attached hydrogen (secondary N) is 1. The van der Waals surface area contributed by atoms with Crippen molar-refractivity contribution in [3.8, 4) is 0 Å². The van der Waals surface area contributed by atoms with Crippen molar-refractivity contribution < 1.29 is 13.2 Å². The molecule has 3 rings (SSSR count). The number of benzene rings is 2. The fraction of sp³-hybridized carbons (Fsp3) is 0.111. The zero-order chi connectivity index (χ0) is 15.6. The second-order valence-electron chi connectivity index (χ2n) is 5.10. The maximum absolute atomic E-state index is 12.5. The zero-order valence-electron chi connectivity index (χ0n) is 11.6. The normalized spacial score (nSPS) is 17.3. The highest BCUT2D eigenvalue weighted by Crippen LogP contribution is 2.29. The Hall–Kier alpha value is -2.49. The van der Waals surface area contributed by atoms with Crippen LogP contribution < -0.4 is 5.32 Å². The summed E-state index contributed by atoms with van der Waals surface area (Å²) in [5, 5.41) is 3.35. The Morgan fingerprint density at radius 2 is 1.68 bits per heavy atom. The average molecular weight is 301 g/mol. The summed E-state index contributed by atoms with van der Waals surface area (Å²) in [7, 11) is 0. The minimum absolute atomic E-state index is 0.0252. The number of rotatable bonds is 2. The van der Waals surface area contributed by atoms with Crippen LogP contribution in [0.2, 0.25) is 0 Å². The molecule has 2 aromatic carbocycles. The standard InChI is InChI=1S/C18H14F3N/c19-18(20,21)15-9-5-13(6-10-15)7-11-16-12-8-14-3-1-2-4-17(14)22-16/h1-12,16,22H/b11-7+/t16-/m1/s1. The Labute approximate surface area is 126 Å². The summed E-state index contributed by atoms with van der Waals surface area (Å²) < 4.78 is 37.5. The summed E-state index contributed by atoms with van der Waals surface area (Å²) in [6, 6.07) is 13.1. The largest absolute Gasteiger partial charge is 0.416 e. The summed E-state index contributed by atoms with van der Waals surface area (Å²) in [6.45, 7) is 0. The number of alkyl halides is 3. The minimum atomic E-state index is -4.29. The van der Waals surface area contributed by atoms with Crippen molar-refractivity contribution in [1.82, 2.24) is 0 Å². The molecule has 0 aromatic heterocycles. The van der Waals surface area contributed by atoms with Gasteiger partial charge in [0.15, 0.2) is 0 Å². The lowest BCUT2D eigenvalue weighted by atomic mass is 10.0. The number of hydrogen-bond donors (Lipinski definition) is 1. The van der Waals surface area contributed by atoms with Gasteiger partial charge >= 0.3 is 6.18 Å². The summed E-state index contributed by atoms with van der Waals surface area (Å²) in [5.41, 5.74) is 2.28. The maximum Gasteiger partial charge on any atom is 0.416 e. The second kappa shape index (κ2) is 5.72. The van der Waals surface area contributed by atoms with Crippen LogP contribution in [0.3, 0.4) is 0 Å². The van der Waals surface area contributed by atoms with Crippen LogP contribution in [0.15, 0.2) is 60.7 Å². The van der Waals surface area contributed by atoms with Crippen LogP contribution in [-0.4, -0.2) is 6.04 Å². The lowest BCUT2D eigenvalue weighted by Crippen LogP contribution is -2.17. The third kappa shape index (κ3) is 3.22.